The Labute approximate surface area is 486 Å². The number of nitrogens with one attached hydrogen (secondary N) is 1. The summed E-state index contributed by atoms with van der Waals surface area (Å²) in [6, 6.07) is 49.8. The van der Waals surface area contributed by atoms with Gasteiger partial charge in [0.15, 0.2) is 59.5 Å². The van der Waals surface area contributed by atoms with Crippen molar-refractivity contribution in [1.82, 2.24) is 39.0 Å². The minimum atomic E-state index is -1.89. The number of carbonyl (C=O) groups is 1. The maximum Gasteiger partial charge on any atom is 0.174 e. The molecule has 85 heavy (non-hydrogen) atoms. The van der Waals surface area contributed by atoms with Gasteiger partial charge in [-0.25, -0.2) is 38.7 Å². The number of hydrogen-bond donors (Lipinski definition) is 4. The molecule has 5 N–H and O–H groups in total. The minimum Gasteiger partial charge on any atom is -0.497 e. The molecule has 2 fully saturated rings. The van der Waals surface area contributed by atoms with E-state index in [4.69, 9.17) is 48.9 Å². The number of nitrogens with two attached hydrogens (primary N) is 1. The van der Waals surface area contributed by atoms with Gasteiger partial charge in [0.2, 0.25) is 0 Å². The summed E-state index contributed by atoms with van der Waals surface area (Å²) in [5, 5.41) is 23.0. The highest BCUT2D eigenvalue weighted by Gasteiger charge is 2.53. The van der Waals surface area contributed by atoms with Gasteiger partial charge in [-0.05, 0) is 88.8 Å². The van der Waals surface area contributed by atoms with Crippen LogP contribution in [0.2, 0.25) is 0 Å². The molecule has 20 nitrogen and oxygen atoms in total. The van der Waals surface area contributed by atoms with Crippen LogP contribution in [0.15, 0.2) is 183 Å². The molecule has 0 spiro atoms. The zero-order chi connectivity index (χ0) is 59.4. The number of imidazole rings is 2. The van der Waals surface area contributed by atoms with Crippen LogP contribution in [0.4, 0.5) is 20.4 Å². The Morgan fingerprint density at radius 3 is 1.47 bits per heavy atom. The number of alkyl halides is 2. The zero-order valence-corrected chi connectivity index (χ0v) is 46.7. The van der Waals surface area contributed by atoms with Crippen molar-refractivity contribution in [1.29, 1.82) is 0 Å². The van der Waals surface area contributed by atoms with Gasteiger partial charge in [-0.2, -0.15) is 0 Å². The fraction of sp³-hybridized carbons (Fsp3) is 0.254. The Kier molecular flexibility index (Phi) is 16.5. The van der Waals surface area contributed by atoms with Crippen LogP contribution in [0.3, 0.4) is 0 Å². The maximum absolute atomic E-state index is 17.7. The number of aldehydes is 1. The summed E-state index contributed by atoms with van der Waals surface area (Å²) in [5.41, 5.74) is 9.09. The summed E-state index contributed by atoms with van der Waals surface area (Å²) < 4.78 is 75.6. The van der Waals surface area contributed by atoms with Gasteiger partial charge in [0.05, 0.1) is 47.2 Å². The molecular formula is C63H60F2N10O10. The van der Waals surface area contributed by atoms with Crippen molar-refractivity contribution in [2.24, 2.45) is 0 Å². The number of hydrogen-bond acceptors (Lipinski definition) is 18. The number of nitrogen functional groups attached to an aromatic ring is 1. The third kappa shape index (κ3) is 10.6. The maximum atomic E-state index is 17.7. The van der Waals surface area contributed by atoms with E-state index in [0.717, 1.165) is 16.7 Å². The van der Waals surface area contributed by atoms with Crippen molar-refractivity contribution in [3.63, 3.8) is 0 Å². The van der Waals surface area contributed by atoms with E-state index >= 15 is 4.39 Å². The predicted octanol–water partition coefficient (Wildman–Crippen LogP) is 8.46. The largest absolute Gasteiger partial charge is 0.497 e. The SMILES string of the molecule is COc1ccc(C(Nc2ncnc3c2ncn3[C@@H]2OC(C=O)[C@H](OC(c3ccccc3)(c3ccc(OC)cc3)c3ccc(OC)cc3)[C@H]2F)(c2ccccc2)c2ccc(OC)cc2)cc1.C[C@H](O)C1O[C@@H](n2cnc3c(N)ncnc32)[C@H](F)[C@@H]1O. The molecule has 0 saturated carbocycles. The summed E-state index contributed by atoms with van der Waals surface area (Å²) in [5.74, 6) is 3.17. The Morgan fingerprint density at radius 2 is 1.00 bits per heavy atom. The standard InChI is InChI=1S/C52H46FN5O7.C11H14FN5O3/c1-60-40-23-15-35(16-24-40)51(34-11-7-5-8-12-34,36-17-25-41(61-2)26-18-36)57-48-46-49(55-32-54-48)58(33-56-46)50-45(53)47(44(31-59)64-50)65-52(37-13-9-6-10-14-37,38-19-27-42(62-3)28-20-38)39-21-29-43(63-4)30-22-39;1-4(18)8-7(19)5(12)11(20-8)17-3-16-6-9(13)14-2-15-10(6)17/h5-33,44-45,47,50H,1-4H3,(H,54,55,57);2-5,7-8,11,18-19H,1H3,(H2,13,14,15)/t44?,45-,47+,50-;4-,5+,7-,8?,11+/m10/s1. The lowest BCUT2D eigenvalue weighted by atomic mass is 9.77. The van der Waals surface area contributed by atoms with Gasteiger partial charge >= 0.3 is 0 Å². The van der Waals surface area contributed by atoms with Crippen molar-refractivity contribution < 1.29 is 56.9 Å². The Morgan fingerprint density at radius 1 is 0.576 bits per heavy atom. The summed E-state index contributed by atoms with van der Waals surface area (Å²) in [6.07, 6.45) is -6.27. The van der Waals surface area contributed by atoms with Gasteiger partial charge in [0, 0.05) is 0 Å². The normalized spacial score (nSPS) is 20.8. The third-order valence-corrected chi connectivity index (χ3v) is 15.4. The van der Waals surface area contributed by atoms with Crippen LogP contribution in [0, 0.1) is 0 Å². The Bertz CT molecular complexity index is 3770. The lowest BCUT2D eigenvalue weighted by Crippen LogP contribution is -2.43. The second kappa shape index (κ2) is 24.4. The molecule has 10 aromatic rings. The first-order valence-corrected chi connectivity index (χ1v) is 27.0. The molecule has 2 aliphatic heterocycles. The fourth-order valence-electron chi connectivity index (χ4n) is 11.1. The smallest absolute Gasteiger partial charge is 0.174 e. The van der Waals surface area contributed by atoms with Crippen molar-refractivity contribution >= 4 is 40.2 Å². The first-order chi connectivity index (χ1) is 41.4. The van der Waals surface area contributed by atoms with Gasteiger partial charge < -0.3 is 59.2 Å². The van der Waals surface area contributed by atoms with Crippen molar-refractivity contribution in [2.75, 3.05) is 39.5 Å². The van der Waals surface area contributed by atoms with Gasteiger partial charge in [-0.15, -0.1) is 0 Å². The molecule has 2 unspecified atom stereocenters. The lowest BCUT2D eigenvalue weighted by Gasteiger charge is -2.39. The first kappa shape index (κ1) is 57.4. The number of ether oxygens (including phenoxy) is 7. The van der Waals surface area contributed by atoms with Crippen LogP contribution in [-0.2, 0) is 30.1 Å². The summed E-state index contributed by atoms with van der Waals surface area (Å²) >= 11 is 0. The van der Waals surface area contributed by atoms with E-state index in [1.54, 1.807) is 28.4 Å². The number of aliphatic hydroxyl groups excluding tert-OH is 2. The highest BCUT2D eigenvalue weighted by atomic mass is 19.1. The number of carbonyl (C=O) groups excluding carboxylic acids is 1. The lowest BCUT2D eigenvalue weighted by molar-refractivity contribution is -0.131. The van der Waals surface area contributed by atoms with E-state index in [-0.39, 0.29) is 11.5 Å². The number of benzene rings is 6. The molecule has 2 aliphatic rings. The first-order valence-electron chi connectivity index (χ1n) is 27.0. The number of methoxy groups -OCH3 is 4. The molecule has 9 atom stereocenters. The molecule has 12 rings (SSSR count). The topological polar surface area (TPSA) is 247 Å². The number of anilines is 2. The zero-order valence-electron chi connectivity index (χ0n) is 46.7. The molecule has 436 valence electrons. The molecule has 22 heteroatoms. The monoisotopic (exact) mass is 1150 g/mol. The Balaban J connectivity index is 0.000000316. The molecule has 0 aliphatic carbocycles. The van der Waals surface area contributed by atoms with Gasteiger partial charge in [-0.3, -0.25) is 9.13 Å². The van der Waals surface area contributed by atoms with Crippen LogP contribution in [-0.4, -0.2) is 127 Å². The summed E-state index contributed by atoms with van der Waals surface area (Å²) in [6.45, 7) is 1.43. The molecule has 0 bridgehead atoms. The average Bonchev–Trinajstić information content (AvgIpc) is 2.38. The molecule has 6 aromatic carbocycles. The molecule has 2 saturated heterocycles. The van der Waals surface area contributed by atoms with E-state index in [2.05, 4.69) is 25.3 Å². The van der Waals surface area contributed by atoms with Crippen LogP contribution in [0.1, 0.15) is 52.8 Å². The van der Waals surface area contributed by atoms with Gasteiger partial charge in [0.25, 0.3) is 0 Å². The van der Waals surface area contributed by atoms with Crippen molar-refractivity contribution in [3.8, 4) is 23.0 Å². The van der Waals surface area contributed by atoms with Gasteiger partial charge in [-0.1, -0.05) is 109 Å². The predicted molar refractivity (Wildman–Crippen MR) is 310 cm³/mol. The number of aliphatic hydroxyl groups is 2. The second-order valence-corrected chi connectivity index (χ2v) is 20.2. The summed E-state index contributed by atoms with van der Waals surface area (Å²) in [7, 11) is 6.42. The fourth-order valence-corrected chi connectivity index (χ4v) is 11.1. The molecule has 0 amide bonds. The molecule has 6 heterocycles. The molecule has 4 aromatic heterocycles. The van der Waals surface area contributed by atoms with Crippen LogP contribution >= 0.6 is 0 Å². The second-order valence-electron chi connectivity index (χ2n) is 20.2. The number of nitrogens with zero attached hydrogens (tertiary/aromatic N) is 8. The van der Waals surface area contributed by atoms with Crippen molar-refractivity contribution in [2.45, 2.75) is 73.4 Å². The molecular weight excluding hydrogens is 1090 g/mol. The Hall–Kier alpha value is -9.45. The van der Waals surface area contributed by atoms with E-state index in [1.165, 1.54) is 41.4 Å². The van der Waals surface area contributed by atoms with Gasteiger partial charge in [0.1, 0.15) is 76.7 Å². The van der Waals surface area contributed by atoms with Crippen LogP contribution in [0.25, 0.3) is 22.3 Å². The van der Waals surface area contributed by atoms with E-state index in [9.17, 15) is 19.4 Å². The minimum absolute atomic E-state index is 0.176. The third-order valence-electron chi connectivity index (χ3n) is 15.4. The van der Waals surface area contributed by atoms with Crippen LogP contribution < -0.4 is 30.0 Å². The van der Waals surface area contributed by atoms with Crippen LogP contribution in [0.5, 0.6) is 23.0 Å². The number of rotatable bonds is 18. The number of fused-ring (bicyclic) bond motifs is 2. The number of halogens is 2. The molecule has 0 radical (unpaired) electrons. The van der Waals surface area contributed by atoms with E-state index in [0.29, 0.717) is 68.5 Å². The van der Waals surface area contributed by atoms with Crippen molar-refractivity contribution in [3.05, 3.63) is 216 Å². The summed E-state index contributed by atoms with van der Waals surface area (Å²) in [4.78, 5) is 38.9. The highest BCUT2D eigenvalue weighted by molar-refractivity contribution is 5.84. The highest BCUT2D eigenvalue weighted by Crippen LogP contribution is 2.48. The quantitative estimate of drug-likeness (QED) is 0.0465. The van der Waals surface area contributed by atoms with E-state index in [1.807, 2.05) is 158 Å². The van der Waals surface area contributed by atoms with E-state index < -0.39 is 66.5 Å². The number of aromatic nitrogens is 8. The average molecular weight is 1160 g/mol.